The number of anilines is 1. The molecule has 0 aliphatic heterocycles. The molecule has 0 saturated heterocycles. The van der Waals surface area contributed by atoms with Crippen molar-refractivity contribution in [2.45, 2.75) is 11.8 Å². The van der Waals surface area contributed by atoms with Crippen molar-refractivity contribution in [1.29, 1.82) is 5.26 Å². The minimum Gasteiger partial charge on any atom is -0.378 e. The Morgan fingerprint density at radius 2 is 1.71 bits per heavy atom. The van der Waals surface area contributed by atoms with Crippen LogP contribution in [-0.2, 0) is 10.1 Å². The smallest absolute Gasteiger partial charge is 0.339 e. The topological polar surface area (TPSA) is 137 Å². The fourth-order valence-electron chi connectivity index (χ4n) is 3.13. The van der Waals surface area contributed by atoms with Gasteiger partial charge >= 0.3 is 10.1 Å². The van der Waals surface area contributed by atoms with Gasteiger partial charge in [0.05, 0.1) is 11.9 Å². The molecule has 0 fully saturated rings. The van der Waals surface area contributed by atoms with Crippen LogP contribution in [-0.4, -0.2) is 24.6 Å². The van der Waals surface area contributed by atoms with Crippen LogP contribution in [0.4, 0.5) is 5.95 Å². The molecule has 0 bridgehead atoms. The number of H-pyrrole nitrogens is 1. The van der Waals surface area contributed by atoms with Gasteiger partial charge in [0.1, 0.15) is 16.5 Å². The third-order valence-corrected chi connectivity index (χ3v) is 6.13. The van der Waals surface area contributed by atoms with Gasteiger partial charge in [0.25, 0.3) is 5.56 Å². The SMILES string of the molecule is Cc1ccc(S(=O)(=O)Oc2ccccc2C=NNc2nc(-c3ccccc3)c(C#N)c(=O)[nH]2)cc1. The lowest BCUT2D eigenvalue weighted by molar-refractivity contribution is 0.485. The van der Waals surface area contributed by atoms with E-state index in [4.69, 9.17) is 4.18 Å². The van der Waals surface area contributed by atoms with Gasteiger partial charge in [-0.1, -0.05) is 60.2 Å². The highest BCUT2D eigenvalue weighted by Crippen LogP contribution is 2.23. The second-order valence-corrected chi connectivity index (χ2v) is 8.92. The third-order valence-electron chi connectivity index (χ3n) is 4.88. The van der Waals surface area contributed by atoms with E-state index in [0.717, 1.165) is 5.56 Å². The maximum atomic E-state index is 12.7. The summed E-state index contributed by atoms with van der Waals surface area (Å²) in [7, 11) is -4.05. The monoisotopic (exact) mass is 485 g/mol. The van der Waals surface area contributed by atoms with Gasteiger partial charge in [0.2, 0.25) is 5.95 Å². The minimum atomic E-state index is -4.05. The average Bonchev–Trinajstić information content (AvgIpc) is 2.85. The number of nitrogens with one attached hydrogen (secondary N) is 2. The molecule has 1 heterocycles. The highest BCUT2D eigenvalue weighted by atomic mass is 32.2. The molecule has 0 radical (unpaired) electrons. The van der Waals surface area contributed by atoms with Gasteiger partial charge in [-0.3, -0.25) is 9.78 Å². The Labute approximate surface area is 201 Å². The predicted octanol–water partition coefficient (Wildman–Crippen LogP) is 3.83. The van der Waals surface area contributed by atoms with E-state index in [-0.39, 0.29) is 27.9 Å². The Hall–Kier alpha value is -4.75. The number of nitriles is 1. The zero-order chi connectivity index (χ0) is 24.8. The molecule has 0 saturated carbocycles. The Kier molecular flexibility index (Phi) is 6.71. The highest BCUT2D eigenvalue weighted by molar-refractivity contribution is 7.87. The van der Waals surface area contributed by atoms with Crippen molar-refractivity contribution >= 4 is 22.3 Å². The molecule has 9 nitrogen and oxygen atoms in total. The summed E-state index contributed by atoms with van der Waals surface area (Å²) in [4.78, 5) is 19.2. The van der Waals surface area contributed by atoms with Crippen molar-refractivity contribution in [1.82, 2.24) is 9.97 Å². The maximum absolute atomic E-state index is 12.7. The molecule has 0 atom stereocenters. The lowest BCUT2D eigenvalue weighted by Gasteiger charge is -2.09. The van der Waals surface area contributed by atoms with E-state index in [2.05, 4.69) is 20.5 Å². The second-order valence-electron chi connectivity index (χ2n) is 7.37. The lowest BCUT2D eigenvalue weighted by atomic mass is 10.1. The Balaban J connectivity index is 1.59. The molecule has 10 heteroatoms. The van der Waals surface area contributed by atoms with E-state index in [1.165, 1.54) is 24.4 Å². The van der Waals surface area contributed by atoms with Crippen LogP contribution in [0.3, 0.4) is 0 Å². The van der Waals surface area contributed by atoms with Crippen LogP contribution < -0.4 is 15.2 Å². The summed E-state index contributed by atoms with van der Waals surface area (Å²) in [6.07, 6.45) is 1.33. The average molecular weight is 486 g/mol. The first-order chi connectivity index (χ1) is 16.9. The van der Waals surface area contributed by atoms with E-state index >= 15 is 0 Å². The number of benzene rings is 3. The summed E-state index contributed by atoms with van der Waals surface area (Å²) in [6, 6.07) is 23.5. The maximum Gasteiger partial charge on any atom is 0.339 e. The summed E-state index contributed by atoms with van der Waals surface area (Å²) in [5.41, 5.74) is 3.98. The van der Waals surface area contributed by atoms with Crippen molar-refractivity contribution in [3.05, 3.63) is 106 Å². The number of aromatic nitrogens is 2. The molecule has 0 aliphatic carbocycles. The van der Waals surface area contributed by atoms with Crippen molar-refractivity contribution in [2.24, 2.45) is 5.10 Å². The number of hydrogen-bond donors (Lipinski definition) is 2. The standard InChI is InChI=1S/C25H19N5O4S/c1-17-11-13-20(14-12-17)35(32,33)34-22-10-6-5-9-19(22)16-27-30-25-28-23(18-7-3-2-4-8-18)21(15-26)24(31)29-25/h2-14,16H,1H3,(H2,28,29,30,31). The number of rotatable bonds is 7. The van der Waals surface area contributed by atoms with E-state index in [0.29, 0.717) is 11.1 Å². The van der Waals surface area contributed by atoms with Crippen LogP contribution in [0.5, 0.6) is 5.75 Å². The fourth-order valence-corrected chi connectivity index (χ4v) is 4.09. The second kappa shape index (κ2) is 10.0. The lowest BCUT2D eigenvalue weighted by Crippen LogP contribution is -2.16. The zero-order valence-corrected chi connectivity index (χ0v) is 19.3. The van der Waals surface area contributed by atoms with E-state index < -0.39 is 15.7 Å². The van der Waals surface area contributed by atoms with Crippen molar-refractivity contribution in [3.63, 3.8) is 0 Å². The molecule has 4 rings (SSSR count). The zero-order valence-electron chi connectivity index (χ0n) is 18.5. The minimum absolute atomic E-state index is 0.00906. The molecule has 0 spiro atoms. The molecule has 0 unspecified atom stereocenters. The van der Waals surface area contributed by atoms with Crippen LogP contribution >= 0.6 is 0 Å². The molecule has 0 aliphatic rings. The summed E-state index contributed by atoms with van der Waals surface area (Å²) in [5.74, 6) is 0.0830. The number of hydrazone groups is 1. The molecule has 174 valence electrons. The predicted molar refractivity (Wildman–Crippen MR) is 132 cm³/mol. The largest absolute Gasteiger partial charge is 0.378 e. The number of aromatic amines is 1. The first-order valence-electron chi connectivity index (χ1n) is 10.4. The van der Waals surface area contributed by atoms with Crippen LogP contribution in [0.15, 0.2) is 93.7 Å². The summed E-state index contributed by atoms with van der Waals surface area (Å²) >= 11 is 0. The molecule has 35 heavy (non-hydrogen) atoms. The van der Waals surface area contributed by atoms with Gasteiger partial charge in [0.15, 0.2) is 5.75 Å². The van der Waals surface area contributed by atoms with E-state index in [1.54, 1.807) is 54.6 Å². The molecule has 4 aromatic rings. The Morgan fingerprint density at radius 1 is 1.03 bits per heavy atom. The van der Waals surface area contributed by atoms with Crippen molar-refractivity contribution < 1.29 is 12.6 Å². The quantitative estimate of drug-likeness (QED) is 0.230. The number of para-hydroxylation sites is 1. The van der Waals surface area contributed by atoms with Crippen molar-refractivity contribution in [3.8, 4) is 23.1 Å². The van der Waals surface area contributed by atoms with Crippen LogP contribution in [0.25, 0.3) is 11.3 Å². The van der Waals surface area contributed by atoms with Gasteiger partial charge in [0, 0.05) is 11.1 Å². The molecule has 2 N–H and O–H groups in total. The molecule has 1 aromatic heterocycles. The van der Waals surface area contributed by atoms with E-state index in [9.17, 15) is 18.5 Å². The number of nitrogens with zero attached hydrogens (tertiary/aromatic N) is 3. The molecule has 3 aromatic carbocycles. The Bertz CT molecular complexity index is 1590. The number of aryl methyl sites for hydroxylation is 1. The van der Waals surface area contributed by atoms with E-state index in [1.807, 2.05) is 19.1 Å². The van der Waals surface area contributed by atoms with Gasteiger partial charge in [-0.25, -0.2) is 10.4 Å². The first kappa shape index (κ1) is 23.4. The fraction of sp³-hybridized carbons (Fsp3) is 0.0400. The van der Waals surface area contributed by atoms with Gasteiger partial charge in [-0.2, -0.15) is 18.8 Å². The molecule has 0 amide bonds. The van der Waals surface area contributed by atoms with Gasteiger partial charge in [-0.15, -0.1) is 0 Å². The number of hydrogen-bond acceptors (Lipinski definition) is 8. The molecular weight excluding hydrogens is 466 g/mol. The van der Waals surface area contributed by atoms with Crippen molar-refractivity contribution in [2.75, 3.05) is 5.43 Å². The summed E-state index contributed by atoms with van der Waals surface area (Å²) < 4.78 is 30.7. The summed E-state index contributed by atoms with van der Waals surface area (Å²) in [5, 5.41) is 13.4. The van der Waals surface area contributed by atoms with Gasteiger partial charge in [-0.05, 0) is 31.2 Å². The third kappa shape index (κ3) is 5.43. The highest BCUT2D eigenvalue weighted by Gasteiger charge is 2.18. The molecular formula is C25H19N5O4S. The van der Waals surface area contributed by atoms with Crippen LogP contribution in [0.1, 0.15) is 16.7 Å². The van der Waals surface area contributed by atoms with Gasteiger partial charge < -0.3 is 4.18 Å². The van der Waals surface area contributed by atoms with Crippen LogP contribution in [0.2, 0.25) is 0 Å². The normalized spacial score (nSPS) is 11.2. The van der Waals surface area contributed by atoms with Crippen LogP contribution in [0, 0.1) is 18.3 Å². The Morgan fingerprint density at radius 3 is 2.43 bits per heavy atom. The summed E-state index contributed by atoms with van der Waals surface area (Å²) in [6.45, 7) is 1.86. The first-order valence-corrected chi connectivity index (χ1v) is 11.8.